The molecule has 0 spiro atoms. The molecule has 0 bridgehead atoms. The van der Waals surface area contributed by atoms with E-state index < -0.39 is 26.8 Å². The fourth-order valence-corrected chi connectivity index (χ4v) is 7.13. The molecule has 0 saturated heterocycles. The number of primary amides is 1. The van der Waals surface area contributed by atoms with Crippen LogP contribution in [0.25, 0.3) is 10.4 Å². The van der Waals surface area contributed by atoms with Gasteiger partial charge in [-0.3, -0.25) is 0 Å². The summed E-state index contributed by atoms with van der Waals surface area (Å²) in [6.07, 6.45) is 4.20. The summed E-state index contributed by atoms with van der Waals surface area (Å²) in [7, 11) is -3.44. The first-order chi connectivity index (χ1) is 14.5. The number of carbonyl (C=O) groups excluding carboxylic acids is 1. The van der Waals surface area contributed by atoms with Crippen molar-refractivity contribution in [2.45, 2.75) is 75.0 Å². The van der Waals surface area contributed by atoms with E-state index in [4.69, 9.17) is 10.5 Å². The van der Waals surface area contributed by atoms with Gasteiger partial charge in [-0.15, -0.1) is 11.3 Å². The molecule has 1 saturated carbocycles. The summed E-state index contributed by atoms with van der Waals surface area (Å²) >= 11 is 4.94. The van der Waals surface area contributed by atoms with Gasteiger partial charge in [0.25, 0.3) is 0 Å². The fraction of sp³-hybridized carbons (Fsp3) is 0.545. The Kier molecular flexibility index (Phi) is 7.18. The van der Waals surface area contributed by atoms with Gasteiger partial charge in [-0.25, -0.2) is 18.2 Å². The third-order valence-corrected chi connectivity index (χ3v) is 10.1. The van der Waals surface area contributed by atoms with Gasteiger partial charge in [-0.05, 0) is 57.6 Å². The van der Waals surface area contributed by atoms with Crippen LogP contribution < -0.4 is 5.73 Å². The van der Waals surface area contributed by atoms with E-state index in [1.807, 2.05) is 12.1 Å². The monoisotopic (exact) mass is 528 g/mol. The first-order valence-corrected chi connectivity index (χ1v) is 13.6. The molecule has 9 heteroatoms. The van der Waals surface area contributed by atoms with Gasteiger partial charge in [0.15, 0.2) is 9.84 Å². The number of nitrogens with zero attached hydrogens (tertiary/aromatic N) is 1. The van der Waals surface area contributed by atoms with Gasteiger partial charge >= 0.3 is 6.09 Å². The fourth-order valence-electron chi connectivity index (χ4n) is 4.14. The Balaban J connectivity index is 1.87. The zero-order valence-corrected chi connectivity index (χ0v) is 21.4. The molecular weight excluding hydrogens is 500 g/mol. The van der Waals surface area contributed by atoms with Gasteiger partial charge in [0.2, 0.25) is 0 Å². The predicted molar refractivity (Wildman–Crippen MR) is 127 cm³/mol. The molecule has 2 N–H and O–H groups in total. The van der Waals surface area contributed by atoms with Gasteiger partial charge in [0, 0.05) is 22.2 Å². The lowest BCUT2D eigenvalue weighted by Gasteiger charge is -2.41. The highest BCUT2D eigenvalue weighted by Crippen LogP contribution is 2.46. The average Bonchev–Trinajstić information content (AvgIpc) is 3.17. The minimum atomic E-state index is -3.44. The molecule has 1 fully saturated rings. The number of thiazole rings is 1. The van der Waals surface area contributed by atoms with Gasteiger partial charge in [-0.1, -0.05) is 35.8 Å². The van der Waals surface area contributed by atoms with Crippen LogP contribution in [-0.4, -0.2) is 30.3 Å². The van der Waals surface area contributed by atoms with Crippen molar-refractivity contribution in [3.8, 4) is 10.4 Å². The summed E-state index contributed by atoms with van der Waals surface area (Å²) in [5, 5.41) is 0.475. The molecule has 0 unspecified atom stereocenters. The third-order valence-electron chi connectivity index (χ3n) is 6.20. The topological polar surface area (TPSA) is 99.3 Å². The number of amides is 1. The third kappa shape index (κ3) is 4.98. The molecule has 1 heterocycles. The Morgan fingerprint density at radius 2 is 1.90 bits per heavy atom. The maximum absolute atomic E-state index is 12.9. The second-order valence-electron chi connectivity index (χ2n) is 8.71. The zero-order valence-electron chi connectivity index (χ0n) is 18.2. The lowest BCUT2D eigenvalue weighted by molar-refractivity contribution is -0.0501. The summed E-state index contributed by atoms with van der Waals surface area (Å²) in [4.78, 5) is 17.2. The number of hydrogen-bond donors (Lipinski definition) is 1. The van der Waals surface area contributed by atoms with Crippen molar-refractivity contribution in [1.29, 1.82) is 0 Å². The van der Waals surface area contributed by atoms with Crippen LogP contribution in [0.1, 0.15) is 64.3 Å². The Labute approximate surface area is 196 Å². The number of ether oxygens (including phenoxy) is 1. The van der Waals surface area contributed by atoms with E-state index in [9.17, 15) is 13.2 Å². The van der Waals surface area contributed by atoms with Crippen molar-refractivity contribution < 1.29 is 17.9 Å². The molecule has 31 heavy (non-hydrogen) atoms. The Hall–Kier alpha value is -1.45. The highest BCUT2D eigenvalue weighted by Gasteiger charge is 2.42. The average molecular weight is 530 g/mol. The molecule has 1 aromatic carbocycles. The molecule has 170 valence electrons. The highest BCUT2D eigenvalue weighted by atomic mass is 79.9. The van der Waals surface area contributed by atoms with Crippen LogP contribution in [0.5, 0.6) is 0 Å². The van der Waals surface area contributed by atoms with E-state index in [1.54, 1.807) is 26.1 Å². The normalized spacial score (nSPS) is 22.1. The number of benzene rings is 1. The lowest BCUT2D eigenvalue weighted by atomic mass is 9.73. The van der Waals surface area contributed by atoms with E-state index in [0.717, 1.165) is 40.0 Å². The second kappa shape index (κ2) is 9.19. The molecular formula is C22H29BrN2O4S2. The quantitative estimate of drug-likeness (QED) is 0.502. The molecule has 6 nitrogen and oxygen atoms in total. The molecule has 2 aromatic rings. The lowest BCUT2D eigenvalue weighted by Crippen LogP contribution is -2.44. The molecule has 1 aliphatic carbocycles. The van der Waals surface area contributed by atoms with Crippen molar-refractivity contribution in [3.63, 3.8) is 0 Å². The molecule has 0 atom stereocenters. The van der Waals surface area contributed by atoms with Crippen molar-refractivity contribution in [2.24, 2.45) is 11.7 Å². The van der Waals surface area contributed by atoms with Crippen molar-refractivity contribution in [2.75, 3.05) is 0 Å². The molecule has 1 aromatic heterocycles. The van der Waals surface area contributed by atoms with Crippen LogP contribution in [0, 0.1) is 5.92 Å². The summed E-state index contributed by atoms with van der Waals surface area (Å²) in [5.74, 6) is 0.432. The number of hydrogen-bond acceptors (Lipinski definition) is 6. The summed E-state index contributed by atoms with van der Waals surface area (Å²) in [6.45, 7) is 7.48. The van der Waals surface area contributed by atoms with Crippen LogP contribution in [0.4, 0.5) is 4.79 Å². The van der Waals surface area contributed by atoms with E-state index >= 15 is 0 Å². The van der Waals surface area contributed by atoms with Crippen LogP contribution in [-0.2, 0) is 14.6 Å². The molecule has 0 aliphatic heterocycles. The molecule has 0 radical (unpaired) electrons. The summed E-state index contributed by atoms with van der Waals surface area (Å²) in [5.41, 5.74) is 5.48. The predicted octanol–water partition coefficient (Wildman–Crippen LogP) is 5.90. The van der Waals surface area contributed by atoms with Gasteiger partial charge in [0.1, 0.15) is 5.60 Å². The number of aromatic nitrogens is 1. The Morgan fingerprint density at radius 1 is 1.26 bits per heavy atom. The minimum Gasteiger partial charge on any atom is -0.443 e. The smallest absolute Gasteiger partial charge is 0.405 e. The number of rotatable bonds is 6. The molecule has 1 amide bonds. The highest BCUT2D eigenvalue weighted by molar-refractivity contribution is 9.10. The summed E-state index contributed by atoms with van der Waals surface area (Å²) in [6, 6.07) is 5.36. The van der Waals surface area contributed by atoms with Crippen molar-refractivity contribution in [3.05, 3.63) is 33.9 Å². The maximum atomic E-state index is 12.9. The van der Waals surface area contributed by atoms with E-state index in [-0.39, 0.29) is 11.8 Å². The maximum Gasteiger partial charge on any atom is 0.405 e. The zero-order chi connectivity index (χ0) is 23.0. The van der Waals surface area contributed by atoms with E-state index in [0.29, 0.717) is 10.5 Å². The first-order valence-electron chi connectivity index (χ1n) is 10.4. The van der Waals surface area contributed by atoms with E-state index in [1.165, 1.54) is 11.3 Å². The Bertz CT molecular complexity index is 1060. The van der Waals surface area contributed by atoms with Crippen molar-refractivity contribution in [1.82, 2.24) is 4.98 Å². The molecule has 1 aliphatic rings. The van der Waals surface area contributed by atoms with Crippen molar-refractivity contribution >= 4 is 43.2 Å². The summed E-state index contributed by atoms with van der Waals surface area (Å²) < 4.78 is 32.1. The number of carbonyl (C=O) groups is 1. The number of nitrogens with two attached hydrogens (primary N) is 1. The first kappa shape index (κ1) is 24.2. The van der Waals surface area contributed by atoms with Crippen LogP contribution in [0.3, 0.4) is 0 Å². The second-order valence-corrected chi connectivity index (χ2v) is 13.2. The van der Waals surface area contributed by atoms with Crippen LogP contribution in [0.15, 0.2) is 33.8 Å². The van der Waals surface area contributed by atoms with E-state index in [2.05, 4.69) is 34.8 Å². The molecule has 3 rings (SSSR count). The Morgan fingerprint density at radius 3 is 2.45 bits per heavy atom. The minimum absolute atomic E-state index is 0.180. The van der Waals surface area contributed by atoms with Gasteiger partial charge < -0.3 is 10.5 Å². The number of sulfone groups is 1. The standard InChI is InChI=1S/C22H29BrN2O4S2/c1-13(2)22(29-21(24)26)9-7-15(8-10-22)20-25-12-18(30-20)17-6-5-16(23)11-19(17)31(27,28)14(3)4/h5-6,11-15H,7-10H2,1-4H3,(H2,24,26). The SMILES string of the molecule is CC(C)C1(OC(N)=O)CCC(c2ncc(-c3ccc(Br)cc3S(=O)(=O)C(C)C)s2)CC1. The van der Waals surface area contributed by atoms with Crippen LogP contribution >= 0.6 is 27.3 Å². The largest absolute Gasteiger partial charge is 0.443 e. The van der Waals surface area contributed by atoms with Crippen LogP contribution in [0.2, 0.25) is 0 Å². The number of halogens is 1. The van der Waals surface area contributed by atoms with Gasteiger partial charge in [-0.2, -0.15) is 0 Å². The van der Waals surface area contributed by atoms with Gasteiger partial charge in [0.05, 0.1) is 20.0 Å².